The first-order valence-electron chi connectivity index (χ1n) is 5.14. The van der Waals surface area contributed by atoms with Gasteiger partial charge >= 0.3 is 5.97 Å². The van der Waals surface area contributed by atoms with Crippen LogP contribution in [0, 0.1) is 0 Å². The smallest absolute Gasteiger partial charge is 0.310 e. The number of carbonyl (C=O) groups excluding carboxylic acids is 1. The van der Waals surface area contributed by atoms with Gasteiger partial charge in [-0.2, -0.15) is 0 Å². The molecule has 0 unspecified atom stereocenters. The number of ether oxygens (including phenoxy) is 1. The SMILES string of the molecule is COC(=O)CC1=Cc2ccccc2CN=C1. The Labute approximate surface area is 94.5 Å². The van der Waals surface area contributed by atoms with Gasteiger partial charge in [-0.15, -0.1) is 0 Å². The monoisotopic (exact) mass is 215 g/mol. The van der Waals surface area contributed by atoms with E-state index in [0.29, 0.717) is 6.54 Å². The Kier molecular flexibility index (Phi) is 3.15. The molecule has 0 aromatic heterocycles. The van der Waals surface area contributed by atoms with Gasteiger partial charge in [0.25, 0.3) is 0 Å². The zero-order valence-corrected chi connectivity index (χ0v) is 9.14. The van der Waals surface area contributed by atoms with E-state index in [1.807, 2.05) is 30.3 Å². The first-order valence-corrected chi connectivity index (χ1v) is 5.14. The van der Waals surface area contributed by atoms with Crippen LogP contribution in [0.15, 0.2) is 34.8 Å². The molecule has 0 amide bonds. The molecule has 0 N–H and O–H groups in total. The first-order chi connectivity index (χ1) is 7.79. The highest BCUT2D eigenvalue weighted by molar-refractivity contribution is 5.92. The lowest BCUT2D eigenvalue weighted by molar-refractivity contribution is -0.139. The number of methoxy groups -OCH3 is 1. The molecule has 0 saturated heterocycles. The Morgan fingerprint density at radius 3 is 3.06 bits per heavy atom. The summed E-state index contributed by atoms with van der Waals surface area (Å²) in [6, 6.07) is 8.05. The molecule has 1 aromatic rings. The Bertz CT molecular complexity index is 461. The van der Waals surface area contributed by atoms with Crippen molar-refractivity contribution in [2.45, 2.75) is 13.0 Å². The minimum atomic E-state index is -0.239. The summed E-state index contributed by atoms with van der Waals surface area (Å²) in [4.78, 5) is 15.5. The second kappa shape index (κ2) is 4.75. The van der Waals surface area contributed by atoms with Crippen LogP contribution in [0.2, 0.25) is 0 Å². The van der Waals surface area contributed by atoms with Gasteiger partial charge in [0.15, 0.2) is 0 Å². The number of esters is 1. The molecule has 0 radical (unpaired) electrons. The fourth-order valence-corrected chi connectivity index (χ4v) is 1.65. The first kappa shape index (κ1) is 10.6. The largest absolute Gasteiger partial charge is 0.469 e. The predicted octanol–water partition coefficient (Wildman–Crippen LogP) is 2.22. The maximum Gasteiger partial charge on any atom is 0.310 e. The fourth-order valence-electron chi connectivity index (χ4n) is 1.65. The second-order valence-electron chi connectivity index (χ2n) is 3.64. The second-order valence-corrected chi connectivity index (χ2v) is 3.64. The Balaban J connectivity index is 2.28. The van der Waals surface area contributed by atoms with Crippen molar-refractivity contribution in [1.29, 1.82) is 0 Å². The molecule has 2 rings (SSSR count). The summed E-state index contributed by atoms with van der Waals surface area (Å²) in [6.07, 6.45) is 4.01. The van der Waals surface area contributed by atoms with E-state index >= 15 is 0 Å². The van der Waals surface area contributed by atoms with Crippen molar-refractivity contribution >= 4 is 18.3 Å². The van der Waals surface area contributed by atoms with E-state index in [1.165, 1.54) is 12.7 Å². The van der Waals surface area contributed by atoms with Crippen molar-refractivity contribution in [3.63, 3.8) is 0 Å². The van der Waals surface area contributed by atoms with Crippen molar-refractivity contribution in [3.8, 4) is 0 Å². The zero-order valence-electron chi connectivity index (χ0n) is 9.14. The summed E-state index contributed by atoms with van der Waals surface area (Å²) in [5.41, 5.74) is 3.19. The van der Waals surface area contributed by atoms with E-state index in [4.69, 9.17) is 0 Å². The number of hydrogen-bond acceptors (Lipinski definition) is 3. The third kappa shape index (κ3) is 2.37. The highest BCUT2D eigenvalue weighted by atomic mass is 16.5. The molecule has 0 bridgehead atoms. The molecule has 3 nitrogen and oxygen atoms in total. The molecule has 0 spiro atoms. The normalized spacial score (nSPS) is 13.7. The standard InChI is InChI=1S/C13H13NO2/c1-16-13(15)7-10-6-11-4-2-3-5-12(11)9-14-8-10/h2-6,8H,7,9H2,1H3. The molecule has 1 aliphatic rings. The van der Waals surface area contributed by atoms with Crippen molar-refractivity contribution in [3.05, 3.63) is 41.0 Å². The van der Waals surface area contributed by atoms with Crippen LogP contribution in [-0.2, 0) is 16.1 Å². The summed E-state index contributed by atoms with van der Waals surface area (Å²) in [5.74, 6) is -0.239. The van der Waals surface area contributed by atoms with Gasteiger partial charge in [0.2, 0.25) is 0 Å². The van der Waals surface area contributed by atoms with Crippen molar-refractivity contribution in [2.24, 2.45) is 4.99 Å². The summed E-state index contributed by atoms with van der Waals surface area (Å²) in [6.45, 7) is 0.664. The van der Waals surface area contributed by atoms with Gasteiger partial charge in [-0.3, -0.25) is 9.79 Å². The molecule has 0 atom stereocenters. The predicted molar refractivity (Wildman–Crippen MR) is 63.2 cm³/mol. The minimum Gasteiger partial charge on any atom is -0.469 e. The molecule has 1 aliphatic heterocycles. The van der Waals surface area contributed by atoms with Crippen molar-refractivity contribution in [1.82, 2.24) is 0 Å². The minimum absolute atomic E-state index is 0.239. The van der Waals surface area contributed by atoms with Crippen molar-refractivity contribution in [2.75, 3.05) is 7.11 Å². The summed E-state index contributed by atoms with van der Waals surface area (Å²) in [7, 11) is 1.39. The van der Waals surface area contributed by atoms with E-state index in [1.54, 1.807) is 6.21 Å². The van der Waals surface area contributed by atoms with Gasteiger partial charge in [-0.1, -0.05) is 24.3 Å². The summed E-state index contributed by atoms with van der Waals surface area (Å²) < 4.78 is 4.64. The van der Waals surface area contributed by atoms with Crippen LogP contribution in [0.25, 0.3) is 6.08 Å². The average Bonchev–Trinajstić information content (AvgIpc) is 2.50. The molecular formula is C13H13NO2. The zero-order chi connectivity index (χ0) is 11.4. The molecule has 0 saturated carbocycles. The Morgan fingerprint density at radius 2 is 2.25 bits per heavy atom. The van der Waals surface area contributed by atoms with Crippen LogP contribution in [0.3, 0.4) is 0 Å². The van der Waals surface area contributed by atoms with Crippen LogP contribution in [-0.4, -0.2) is 19.3 Å². The average molecular weight is 215 g/mol. The maximum atomic E-state index is 11.2. The van der Waals surface area contributed by atoms with Gasteiger partial charge < -0.3 is 4.74 Å². The number of aliphatic imine (C=N–C) groups is 1. The van der Waals surface area contributed by atoms with E-state index in [2.05, 4.69) is 9.73 Å². The molecule has 0 aliphatic carbocycles. The fraction of sp³-hybridized carbons (Fsp3) is 0.231. The van der Waals surface area contributed by atoms with Gasteiger partial charge in [0.1, 0.15) is 0 Å². The van der Waals surface area contributed by atoms with Crippen LogP contribution in [0.4, 0.5) is 0 Å². The van der Waals surface area contributed by atoms with Gasteiger partial charge in [-0.05, 0) is 22.8 Å². The number of fused-ring (bicyclic) bond motifs is 1. The van der Waals surface area contributed by atoms with Crippen LogP contribution in [0.5, 0.6) is 0 Å². The number of benzene rings is 1. The number of carbonyl (C=O) groups is 1. The highest BCUT2D eigenvalue weighted by Gasteiger charge is 2.08. The van der Waals surface area contributed by atoms with Crippen LogP contribution in [0.1, 0.15) is 17.5 Å². The third-order valence-electron chi connectivity index (χ3n) is 2.49. The molecule has 16 heavy (non-hydrogen) atoms. The highest BCUT2D eigenvalue weighted by Crippen LogP contribution is 2.18. The van der Waals surface area contributed by atoms with Gasteiger partial charge in [0.05, 0.1) is 20.1 Å². The van der Waals surface area contributed by atoms with E-state index in [-0.39, 0.29) is 12.4 Å². The summed E-state index contributed by atoms with van der Waals surface area (Å²) in [5, 5.41) is 0. The number of nitrogens with zero attached hydrogens (tertiary/aromatic N) is 1. The molecule has 0 fully saturated rings. The Hall–Kier alpha value is -1.90. The molecular weight excluding hydrogens is 202 g/mol. The van der Waals surface area contributed by atoms with E-state index < -0.39 is 0 Å². The van der Waals surface area contributed by atoms with Gasteiger partial charge in [-0.25, -0.2) is 0 Å². The quantitative estimate of drug-likeness (QED) is 0.709. The molecule has 82 valence electrons. The van der Waals surface area contributed by atoms with Gasteiger partial charge in [0, 0.05) is 6.21 Å². The van der Waals surface area contributed by atoms with Crippen LogP contribution < -0.4 is 0 Å². The molecule has 1 aromatic carbocycles. The van der Waals surface area contributed by atoms with Crippen molar-refractivity contribution < 1.29 is 9.53 Å². The lowest BCUT2D eigenvalue weighted by Crippen LogP contribution is -2.02. The topological polar surface area (TPSA) is 38.7 Å². The number of hydrogen-bond donors (Lipinski definition) is 0. The maximum absolute atomic E-state index is 11.2. The lowest BCUT2D eigenvalue weighted by atomic mass is 10.0. The van der Waals surface area contributed by atoms with E-state index in [0.717, 1.165) is 11.1 Å². The van der Waals surface area contributed by atoms with E-state index in [9.17, 15) is 4.79 Å². The third-order valence-corrected chi connectivity index (χ3v) is 2.49. The molecule has 3 heteroatoms. The lowest BCUT2D eigenvalue weighted by Gasteiger charge is -2.01. The van der Waals surface area contributed by atoms with Crippen LogP contribution >= 0.6 is 0 Å². The number of rotatable bonds is 2. The Morgan fingerprint density at radius 1 is 1.44 bits per heavy atom. The summed E-state index contributed by atoms with van der Waals surface area (Å²) >= 11 is 0. The molecule has 1 heterocycles.